The number of rotatable bonds is 4. The summed E-state index contributed by atoms with van der Waals surface area (Å²) in [6.07, 6.45) is -2.50. The fourth-order valence-electron chi connectivity index (χ4n) is 1.59. The van der Waals surface area contributed by atoms with Crippen molar-refractivity contribution in [3.8, 4) is 0 Å². The molecule has 0 aliphatic heterocycles. The number of nitro groups is 1. The molecule has 0 bridgehead atoms. The summed E-state index contributed by atoms with van der Waals surface area (Å²) in [5, 5.41) is 10.7. The van der Waals surface area contributed by atoms with E-state index in [1.807, 2.05) is 0 Å². The second-order valence-corrected chi connectivity index (χ2v) is 3.54. The maximum absolute atomic E-state index is 12.7. The zero-order valence-corrected chi connectivity index (χ0v) is 9.37. The van der Waals surface area contributed by atoms with Gasteiger partial charge in [0.15, 0.2) is 5.78 Å². The van der Waals surface area contributed by atoms with Crippen LogP contribution in [0.25, 0.3) is 0 Å². The highest BCUT2D eigenvalue weighted by Gasteiger charge is 2.23. The van der Waals surface area contributed by atoms with E-state index in [4.69, 9.17) is 0 Å². The number of carbonyl (C=O) groups excluding carboxylic acids is 1. The molecule has 0 aromatic heterocycles. The second kappa shape index (κ2) is 4.99. The summed E-state index contributed by atoms with van der Waals surface area (Å²) in [5.74, 6) is -0.596. The lowest BCUT2D eigenvalue weighted by molar-refractivity contribution is -0.385. The summed E-state index contributed by atoms with van der Waals surface area (Å²) in [6, 6.07) is 1.97. The Bertz CT molecular complexity index is 472. The number of nitro benzene ring substituents is 1. The van der Waals surface area contributed by atoms with Gasteiger partial charge in [0.2, 0.25) is 0 Å². The molecule has 6 heteroatoms. The van der Waals surface area contributed by atoms with Gasteiger partial charge in [-0.05, 0) is 25.0 Å². The molecule has 0 atom stereocenters. The van der Waals surface area contributed by atoms with Crippen LogP contribution in [0.5, 0.6) is 0 Å². The van der Waals surface area contributed by atoms with Crippen LogP contribution in [0, 0.1) is 10.1 Å². The van der Waals surface area contributed by atoms with E-state index < -0.39 is 22.8 Å². The number of alkyl halides is 2. The van der Waals surface area contributed by atoms with Crippen LogP contribution < -0.4 is 0 Å². The first-order valence-corrected chi connectivity index (χ1v) is 4.98. The Balaban J connectivity index is 3.53. The molecule has 0 saturated heterocycles. The first-order chi connectivity index (χ1) is 7.88. The first-order valence-electron chi connectivity index (χ1n) is 4.98. The molecule has 0 aliphatic rings. The molecule has 4 nitrogen and oxygen atoms in total. The zero-order chi connectivity index (χ0) is 13.2. The Labute approximate surface area is 96.4 Å². The van der Waals surface area contributed by atoms with E-state index in [1.165, 1.54) is 0 Å². The van der Waals surface area contributed by atoms with Gasteiger partial charge < -0.3 is 0 Å². The van der Waals surface area contributed by atoms with Crippen LogP contribution in [-0.4, -0.2) is 10.7 Å². The molecular weight excluding hydrogens is 232 g/mol. The van der Waals surface area contributed by atoms with Crippen molar-refractivity contribution in [2.45, 2.75) is 26.7 Å². The molecule has 0 amide bonds. The molecule has 1 aromatic rings. The minimum Gasteiger partial charge on any atom is -0.294 e. The fourth-order valence-corrected chi connectivity index (χ4v) is 1.59. The molecule has 0 saturated carbocycles. The van der Waals surface area contributed by atoms with Gasteiger partial charge in [0.25, 0.3) is 12.1 Å². The number of nitrogens with zero attached hydrogens (tertiary/aromatic N) is 1. The van der Waals surface area contributed by atoms with Gasteiger partial charge in [-0.2, -0.15) is 0 Å². The Morgan fingerprint density at radius 1 is 1.47 bits per heavy atom. The maximum Gasteiger partial charge on any atom is 0.280 e. The Morgan fingerprint density at radius 2 is 2.06 bits per heavy atom. The van der Waals surface area contributed by atoms with E-state index in [9.17, 15) is 23.7 Å². The first kappa shape index (κ1) is 13.2. The molecule has 1 aromatic carbocycles. The number of benzene rings is 1. The van der Waals surface area contributed by atoms with Crippen LogP contribution in [-0.2, 0) is 6.42 Å². The van der Waals surface area contributed by atoms with Crippen molar-refractivity contribution in [3.63, 3.8) is 0 Å². The van der Waals surface area contributed by atoms with Crippen LogP contribution in [0.15, 0.2) is 12.1 Å². The molecule has 0 heterocycles. The average molecular weight is 243 g/mol. The number of halogens is 2. The number of Topliss-reactive ketones (excluding diaryl/α,β-unsaturated/α-hetero) is 1. The van der Waals surface area contributed by atoms with Crippen molar-refractivity contribution in [1.82, 2.24) is 0 Å². The Morgan fingerprint density at radius 3 is 2.41 bits per heavy atom. The minimum absolute atomic E-state index is 0.191. The molecule has 0 N–H and O–H groups in total. The lowest BCUT2D eigenvalue weighted by atomic mass is 9.98. The van der Waals surface area contributed by atoms with Crippen LogP contribution in [0.4, 0.5) is 14.5 Å². The number of aryl methyl sites for hydroxylation is 1. The predicted molar refractivity (Wildman–Crippen MR) is 57.4 cm³/mol. The number of carbonyl (C=O) groups is 1. The van der Waals surface area contributed by atoms with Crippen molar-refractivity contribution >= 4 is 11.5 Å². The van der Waals surface area contributed by atoms with Crippen molar-refractivity contribution in [2.75, 3.05) is 0 Å². The van der Waals surface area contributed by atoms with E-state index in [0.29, 0.717) is 0 Å². The van der Waals surface area contributed by atoms with Crippen LogP contribution in [0.3, 0.4) is 0 Å². The highest BCUT2D eigenvalue weighted by atomic mass is 19.3. The number of hydrogen-bond acceptors (Lipinski definition) is 3. The van der Waals surface area contributed by atoms with E-state index in [2.05, 4.69) is 0 Å². The Kier molecular flexibility index (Phi) is 3.88. The van der Waals surface area contributed by atoms with Crippen molar-refractivity contribution in [3.05, 3.63) is 38.9 Å². The summed E-state index contributed by atoms with van der Waals surface area (Å²) in [5.41, 5.74) is -0.818. The van der Waals surface area contributed by atoms with Gasteiger partial charge in [0.05, 0.1) is 10.5 Å². The minimum atomic E-state index is -2.75. The Hall–Kier alpha value is -1.85. The standard InChI is InChI=1S/C11H11F2NO3/c1-3-7-4-10(14(16)17)8(6(2)15)5-9(7)11(12)13/h4-5,11H,3H2,1-2H3. The lowest BCUT2D eigenvalue weighted by Gasteiger charge is -2.09. The van der Waals surface area contributed by atoms with Crippen molar-refractivity contribution in [1.29, 1.82) is 0 Å². The third-order valence-electron chi connectivity index (χ3n) is 2.45. The van der Waals surface area contributed by atoms with Crippen LogP contribution >= 0.6 is 0 Å². The van der Waals surface area contributed by atoms with Gasteiger partial charge in [-0.25, -0.2) is 8.78 Å². The summed E-state index contributed by atoms with van der Waals surface area (Å²) in [4.78, 5) is 21.2. The highest BCUT2D eigenvalue weighted by Crippen LogP contribution is 2.30. The average Bonchev–Trinajstić information content (AvgIpc) is 2.26. The van der Waals surface area contributed by atoms with Gasteiger partial charge >= 0.3 is 0 Å². The summed E-state index contributed by atoms with van der Waals surface area (Å²) in [7, 11) is 0. The lowest BCUT2D eigenvalue weighted by Crippen LogP contribution is -2.05. The molecule has 0 aliphatic carbocycles. The van der Waals surface area contributed by atoms with Gasteiger partial charge in [-0.1, -0.05) is 6.92 Å². The molecule has 0 radical (unpaired) electrons. The summed E-state index contributed by atoms with van der Waals surface area (Å²) < 4.78 is 25.4. The SMILES string of the molecule is CCc1cc([N+](=O)[O-])c(C(C)=O)cc1C(F)F. The van der Waals surface area contributed by atoms with Crippen molar-refractivity contribution < 1.29 is 18.5 Å². The molecule has 92 valence electrons. The molecule has 17 heavy (non-hydrogen) atoms. The maximum atomic E-state index is 12.7. The number of ketones is 1. The largest absolute Gasteiger partial charge is 0.294 e. The van der Waals surface area contributed by atoms with Crippen LogP contribution in [0.1, 0.15) is 41.8 Å². The molecule has 0 spiro atoms. The van der Waals surface area contributed by atoms with Crippen LogP contribution in [0.2, 0.25) is 0 Å². The van der Waals surface area contributed by atoms with Gasteiger partial charge in [0.1, 0.15) is 0 Å². The van der Waals surface area contributed by atoms with E-state index in [1.54, 1.807) is 6.92 Å². The normalized spacial score (nSPS) is 10.6. The highest BCUT2D eigenvalue weighted by molar-refractivity contribution is 5.98. The second-order valence-electron chi connectivity index (χ2n) is 3.54. The molecular formula is C11H11F2NO3. The smallest absolute Gasteiger partial charge is 0.280 e. The fraction of sp³-hybridized carbons (Fsp3) is 0.364. The quantitative estimate of drug-likeness (QED) is 0.463. The summed E-state index contributed by atoms with van der Waals surface area (Å²) >= 11 is 0. The monoisotopic (exact) mass is 243 g/mol. The van der Waals surface area contributed by atoms with E-state index in [0.717, 1.165) is 19.1 Å². The van der Waals surface area contributed by atoms with Gasteiger partial charge in [-0.3, -0.25) is 14.9 Å². The molecule has 0 fully saturated rings. The topological polar surface area (TPSA) is 60.2 Å². The van der Waals surface area contributed by atoms with Gasteiger partial charge in [-0.15, -0.1) is 0 Å². The molecule has 1 rings (SSSR count). The zero-order valence-electron chi connectivity index (χ0n) is 9.37. The van der Waals surface area contributed by atoms with E-state index in [-0.39, 0.29) is 23.1 Å². The third-order valence-corrected chi connectivity index (χ3v) is 2.45. The van der Waals surface area contributed by atoms with E-state index >= 15 is 0 Å². The van der Waals surface area contributed by atoms with Crippen molar-refractivity contribution in [2.24, 2.45) is 0 Å². The number of hydrogen-bond donors (Lipinski definition) is 0. The summed E-state index contributed by atoms with van der Waals surface area (Å²) in [6.45, 7) is 2.74. The molecule has 0 unspecified atom stereocenters. The predicted octanol–water partition coefficient (Wildman–Crippen LogP) is 3.30. The van der Waals surface area contributed by atoms with Gasteiger partial charge in [0, 0.05) is 11.6 Å². The third kappa shape index (κ3) is 2.64.